The van der Waals surface area contributed by atoms with Gasteiger partial charge in [0.05, 0.1) is 12.7 Å². The van der Waals surface area contributed by atoms with Gasteiger partial charge < -0.3 is 4.74 Å². The zero-order chi connectivity index (χ0) is 14.4. The highest BCUT2D eigenvalue weighted by atomic mass is 16.5. The van der Waals surface area contributed by atoms with Gasteiger partial charge in [0.2, 0.25) is 0 Å². The molecular formula is C17H18O3. The van der Waals surface area contributed by atoms with Crippen LogP contribution in [-0.4, -0.2) is 18.9 Å². The van der Waals surface area contributed by atoms with E-state index in [4.69, 9.17) is 4.74 Å². The van der Waals surface area contributed by atoms with Crippen molar-refractivity contribution in [2.75, 3.05) is 7.11 Å². The SMILES string of the molecule is COC(=O)c1ccccc1C#CCC1CCCCC1=O. The Morgan fingerprint density at radius 1 is 1.35 bits per heavy atom. The Morgan fingerprint density at radius 3 is 2.90 bits per heavy atom. The fraction of sp³-hybridized carbons (Fsp3) is 0.412. The van der Waals surface area contributed by atoms with Crippen LogP contribution in [0.1, 0.15) is 48.0 Å². The van der Waals surface area contributed by atoms with E-state index in [9.17, 15) is 9.59 Å². The summed E-state index contributed by atoms with van der Waals surface area (Å²) >= 11 is 0. The van der Waals surface area contributed by atoms with Gasteiger partial charge in [-0.3, -0.25) is 4.79 Å². The third kappa shape index (κ3) is 3.48. The second-order valence-corrected chi connectivity index (χ2v) is 4.95. The molecule has 3 nitrogen and oxygen atoms in total. The Bertz CT molecular complexity index is 563. The van der Waals surface area contributed by atoms with Gasteiger partial charge in [-0.05, 0) is 25.0 Å². The lowest BCUT2D eigenvalue weighted by atomic mass is 9.86. The molecule has 0 aromatic heterocycles. The topological polar surface area (TPSA) is 43.4 Å². The van der Waals surface area contributed by atoms with Crippen LogP contribution >= 0.6 is 0 Å². The summed E-state index contributed by atoms with van der Waals surface area (Å²) in [6.07, 6.45) is 4.32. The van der Waals surface area contributed by atoms with Gasteiger partial charge in [0.1, 0.15) is 5.78 Å². The van der Waals surface area contributed by atoms with E-state index in [0.717, 1.165) is 19.3 Å². The van der Waals surface area contributed by atoms with Crippen molar-refractivity contribution in [1.29, 1.82) is 0 Å². The van der Waals surface area contributed by atoms with Crippen LogP contribution in [0.15, 0.2) is 24.3 Å². The highest BCUT2D eigenvalue weighted by molar-refractivity contribution is 5.92. The molecule has 104 valence electrons. The maximum atomic E-state index is 11.7. The van der Waals surface area contributed by atoms with Gasteiger partial charge in [0.15, 0.2) is 0 Å². The number of esters is 1. The highest BCUT2D eigenvalue weighted by Crippen LogP contribution is 2.22. The first-order valence-electron chi connectivity index (χ1n) is 6.91. The number of methoxy groups -OCH3 is 1. The molecule has 1 aliphatic rings. The van der Waals surface area contributed by atoms with Crippen LogP contribution in [0.5, 0.6) is 0 Å². The zero-order valence-corrected chi connectivity index (χ0v) is 11.6. The molecule has 0 N–H and O–H groups in total. The minimum absolute atomic E-state index is 0.0709. The molecule has 1 aromatic rings. The Kier molecular flexibility index (Phi) is 4.95. The Labute approximate surface area is 119 Å². The molecule has 20 heavy (non-hydrogen) atoms. The first-order chi connectivity index (χ1) is 9.72. The van der Waals surface area contributed by atoms with Crippen LogP contribution in [0.25, 0.3) is 0 Å². The smallest absolute Gasteiger partial charge is 0.339 e. The van der Waals surface area contributed by atoms with Gasteiger partial charge in [-0.2, -0.15) is 0 Å². The van der Waals surface area contributed by atoms with E-state index < -0.39 is 0 Å². The van der Waals surface area contributed by atoms with Crippen molar-refractivity contribution in [2.24, 2.45) is 5.92 Å². The number of ether oxygens (including phenoxy) is 1. The molecule has 0 spiro atoms. The summed E-state index contributed by atoms with van der Waals surface area (Å²) in [7, 11) is 1.35. The minimum atomic E-state index is -0.386. The van der Waals surface area contributed by atoms with Crippen LogP contribution in [0.3, 0.4) is 0 Å². The molecule has 1 fully saturated rings. The van der Waals surface area contributed by atoms with Gasteiger partial charge in [-0.15, -0.1) is 0 Å². The second-order valence-electron chi connectivity index (χ2n) is 4.95. The molecule has 1 unspecified atom stereocenters. The molecule has 0 aliphatic heterocycles. The normalized spacial score (nSPS) is 18.1. The molecule has 1 aliphatic carbocycles. The fourth-order valence-electron chi connectivity index (χ4n) is 2.42. The number of benzene rings is 1. The summed E-state index contributed by atoms with van der Waals surface area (Å²) in [5.41, 5.74) is 1.13. The number of ketones is 1. The third-order valence-electron chi connectivity index (χ3n) is 3.58. The molecular weight excluding hydrogens is 252 g/mol. The number of rotatable bonds is 2. The van der Waals surface area contributed by atoms with Crippen molar-refractivity contribution in [3.63, 3.8) is 0 Å². The maximum Gasteiger partial charge on any atom is 0.339 e. The molecule has 0 bridgehead atoms. The van der Waals surface area contributed by atoms with Gasteiger partial charge in [-0.25, -0.2) is 4.79 Å². The highest BCUT2D eigenvalue weighted by Gasteiger charge is 2.20. The maximum absolute atomic E-state index is 11.7. The third-order valence-corrected chi connectivity index (χ3v) is 3.58. The summed E-state index contributed by atoms with van der Waals surface area (Å²) in [4.78, 5) is 23.3. The van der Waals surface area contributed by atoms with E-state index >= 15 is 0 Å². The van der Waals surface area contributed by atoms with Crippen molar-refractivity contribution in [3.8, 4) is 11.8 Å². The van der Waals surface area contributed by atoms with E-state index in [-0.39, 0.29) is 11.9 Å². The lowest BCUT2D eigenvalue weighted by molar-refractivity contribution is -0.124. The summed E-state index contributed by atoms with van der Waals surface area (Å²) in [6, 6.07) is 7.11. The monoisotopic (exact) mass is 270 g/mol. The first-order valence-corrected chi connectivity index (χ1v) is 6.91. The van der Waals surface area contributed by atoms with Crippen LogP contribution < -0.4 is 0 Å². The Balaban J connectivity index is 2.09. The Hall–Kier alpha value is -2.08. The van der Waals surface area contributed by atoms with E-state index in [0.29, 0.717) is 29.8 Å². The van der Waals surface area contributed by atoms with Crippen LogP contribution in [0.4, 0.5) is 0 Å². The molecule has 0 saturated heterocycles. The molecule has 1 saturated carbocycles. The molecule has 1 atom stereocenters. The molecule has 0 amide bonds. The van der Waals surface area contributed by atoms with Crippen molar-refractivity contribution < 1.29 is 14.3 Å². The average Bonchev–Trinajstić information content (AvgIpc) is 2.49. The number of carbonyl (C=O) groups is 2. The number of Topliss-reactive ketones (excluding diaryl/α,β-unsaturated/α-hetero) is 1. The fourth-order valence-corrected chi connectivity index (χ4v) is 2.42. The van der Waals surface area contributed by atoms with Crippen molar-refractivity contribution >= 4 is 11.8 Å². The standard InChI is InChI=1S/C17H18O3/c1-20-17(19)15-11-4-2-7-13(15)9-6-10-14-8-3-5-12-16(14)18/h2,4,7,11,14H,3,5,8,10,12H2,1H3. The van der Waals surface area contributed by atoms with Gasteiger partial charge in [0.25, 0.3) is 0 Å². The van der Waals surface area contributed by atoms with Crippen LogP contribution in [0.2, 0.25) is 0 Å². The van der Waals surface area contributed by atoms with E-state index in [2.05, 4.69) is 11.8 Å². The lowest BCUT2D eigenvalue weighted by Crippen LogP contribution is -2.18. The summed E-state index contributed by atoms with van der Waals surface area (Å²) in [6.45, 7) is 0. The van der Waals surface area contributed by atoms with Crippen LogP contribution in [-0.2, 0) is 9.53 Å². The zero-order valence-electron chi connectivity index (χ0n) is 11.6. The van der Waals surface area contributed by atoms with E-state index in [1.165, 1.54) is 7.11 Å². The average molecular weight is 270 g/mol. The van der Waals surface area contributed by atoms with E-state index in [1.54, 1.807) is 18.2 Å². The first kappa shape index (κ1) is 14.3. The molecule has 1 aromatic carbocycles. The summed E-state index contributed by atoms with van der Waals surface area (Å²) < 4.78 is 4.73. The molecule has 0 heterocycles. The predicted octanol–water partition coefficient (Wildman–Crippen LogP) is 2.97. The Morgan fingerprint density at radius 2 is 2.15 bits per heavy atom. The minimum Gasteiger partial charge on any atom is -0.465 e. The molecule has 2 rings (SSSR count). The lowest BCUT2D eigenvalue weighted by Gasteiger charge is -2.17. The van der Waals surface area contributed by atoms with Gasteiger partial charge in [0, 0.05) is 24.3 Å². The van der Waals surface area contributed by atoms with Crippen molar-refractivity contribution in [2.45, 2.75) is 32.1 Å². The summed E-state index contributed by atoms with van der Waals surface area (Å²) in [5, 5.41) is 0. The van der Waals surface area contributed by atoms with Crippen LogP contribution in [0, 0.1) is 17.8 Å². The van der Waals surface area contributed by atoms with Gasteiger partial charge in [-0.1, -0.05) is 30.4 Å². The van der Waals surface area contributed by atoms with Crippen molar-refractivity contribution in [3.05, 3.63) is 35.4 Å². The number of hydrogen-bond donors (Lipinski definition) is 0. The molecule has 3 heteroatoms. The van der Waals surface area contributed by atoms with Crippen molar-refractivity contribution in [1.82, 2.24) is 0 Å². The second kappa shape index (κ2) is 6.91. The van der Waals surface area contributed by atoms with E-state index in [1.807, 2.05) is 6.07 Å². The quantitative estimate of drug-likeness (QED) is 0.613. The number of hydrogen-bond acceptors (Lipinski definition) is 3. The van der Waals surface area contributed by atoms with Gasteiger partial charge >= 0.3 is 5.97 Å². The largest absolute Gasteiger partial charge is 0.465 e. The molecule has 0 radical (unpaired) electrons. The predicted molar refractivity (Wildman–Crippen MR) is 76.2 cm³/mol. The summed E-state index contributed by atoms with van der Waals surface area (Å²) in [5.74, 6) is 6.05. The number of carbonyl (C=O) groups excluding carboxylic acids is 2.